The van der Waals surface area contributed by atoms with Crippen LogP contribution in [0.2, 0.25) is 0 Å². The number of halogens is 2. The van der Waals surface area contributed by atoms with Crippen LogP contribution in [0.4, 0.5) is 8.78 Å². The summed E-state index contributed by atoms with van der Waals surface area (Å²) in [6, 6.07) is 6.10. The number of carbonyl (C=O) groups is 1. The highest BCUT2D eigenvalue weighted by Crippen LogP contribution is 2.53. The molecule has 3 aliphatic carbocycles. The van der Waals surface area contributed by atoms with Crippen LogP contribution in [0.25, 0.3) is 0 Å². The van der Waals surface area contributed by atoms with Crippen LogP contribution in [0.5, 0.6) is 0 Å². The first-order valence-electron chi connectivity index (χ1n) is 12.8. The molecule has 2 saturated carbocycles. The molecule has 4 rings (SSSR count). The molecule has 0 bridgehead atoms. The Hall–Kier alpha value is -2.07. The second-order valence-corrected chi connectivity index (χ2v) is 11.0. The normalized spacial score (nSPS) is 28.0. The van der Waals surface area contributed by atoms with Crippen LogP contribution in [0.1, 0.15) is 87.6 Å². The maximum absolute atomic E-state index is 13.8. The van der Waals surface area contributed by atoms with Gasteiger partial charge in [0.2, 0.25) is 0 Å². The van der Waals surface area contributed by atoms with Crippen molar-refractivity contribution in [3.63, 3.8) is 0 Å². The van der Waals surface area contributed by atoms with E-state index in [2.05, 4.69) is 30.9 Å². The molecule has 1 aromatic carbocycles. The average Bonchev–Trinajstić information content (AvgIpc) is 3.68. The first-order valence-corrected chi connectivity index (χ1v) is 12.8. The lowest BCUT2D eigenvalue weighted by Crippen LogP contribution is -2.40. The molecule has 0 aromatic heterocycles. The number of alkyl halides is 2. The summed E-state index contributed by atoms with van der Waals surface area (Å²) in [7, 11) is 0. The Morgan fingerprint density at radius 1 is 1.15 bits per heavy atom. The van der Waals surface area contributed by atoms with Crippen LogP contribution in [0, 0.1) is 23.2 Å². The van der Waals surface area contributed by atoms with Gasteiger partial charge in [-0.2, -0.15) is 0 Å². The molecule has 0 radical (unpaired) electrons. The molecule has 0 spiro atoms. The molecule has 0 heterocycles. The van der Waals surface area contributed by atoms with E-state index in [4.69, 9.17) is 0 Å². The van der Waals surface area contributed by atoms with Gasteiger partial charge < -0.3 is 5.11 Å². The van der Waals surface area contributed by atoms with Crippen molar-refractivity contribution in [2.24, 2.45) is 23.2 Å². The molecule has 3 aliphatic rings. The fourth-order valence-corrected chi connectivity index (χ4v) is 6.07. The predicted octanol–water partition coefficient (Wildman–Crippen LogP) is 7.79. The number of Topliss-reactive ketones (excluding diaryl/α,β-unsaturated/α-hetero) is 1. The third-order valence-corrected chi connectivity index (χ3v) is 8.84. The molecule has 1 N–H and O–H groups in total. The van der Waals surface area contributed by atoms with E-state index in [9.17, 15) is 18.7 Å². The van der Waals surface area contributed by atoms with Crippen LogP contribution < -0.4 is 0 Å². The maximum Gasteiger partial charge on any atom is 0.277 e. The number of ketones is 1. The minimum absolute atomic E-state index is 0.0760. The van der Waals surface area contributed by atoms with Gasteiger partial charge in [0.25, 0.3) is 5.92 Å². The highest BCUT2D eigenvalue weighted by Gasteiger charge is 2.46. The van der Waals surface area contributed by atoms with Gasteiger partial charge in [-0.3, -0.25) is 4.79 Å². The fraction of sp³-hybridized carbons (Fsp3) is 0.567. The lowest BCUT2D eigenvalue weighted by molar-refractivity contribution is -0.165. The maximum atomic E-state index is 13.8. The smallest absolute Gasteiger partial charge is 0.277 e. The second-order valence-electron chi connectivity index (χ2n) is 11.0. The van der Waals surface area contributed by atoms with E-state index >= 15 is 0 Å². The number of rotatable bonds is 9. The van der Waals surface area contributed by atoms with E-state index < -0.39 is 11.5 Å². The van der Waals surface area contributed by atoms with Gasteiger partial charge in [-0.15, -0.1) is 6.58 Å². The molecular formula is C30H38F2O2. The van der Waals surface area contributed by atoms with Crippen molar-refractivity contribution >= 4 is 5.78 Å². The Morgan fingerprint density at radius 3 is 2.26 bits per heavy atom. The monoisotopic (exact) mass is 468 g/mol. The van der Waals surface area contributed by atoms with Crippen molar-refractivity contribution in [2.75, 3.05) is 0 Å². The van der Waals surface area contributed by atoms with Crippen molar-refractivity contribution in [2.45, 2.75) is 83.2 Å². The third-order valence-electron chi connectivity index (χ3n) is 8.84. The van der Waals surface area contributed by atoms with E-state index in [0.717, 1.165) is 45.4 Å². The number of hydrogen-bond donors (Lipinski definition) is 1. The predicted molar refractivity (Wildman–Crippen MR) is 133 cm³/mol. The van der Waals surface area contributed by atoms with Gasteiger partial charge >= 0.3 is 0 Å². The molecule has 1 unspecified atom stereocenters. The first kappa shape index (κ1) is 25.0. The minimum atomic E-state index is -3.28. The summed E-state index contributed by atoms with van der Waals surface area (Å²) in [4.78, 5) is 13.2. The number of allylic oxidation sites excluding steroid dienone is 5. The summed E-state index contributed by atoms with van der Waals surface area (Å²) < 4.78 is 27.6. The highest BCUT2D eigenvalue weighted by molar-refractivity contribution is 5.96. The lowest BCUT2D eigenvalue weighted by Gasteiger charge is -2.43. The van der Waals surface area contributed by atoms with Crippen molar-refractivity contribution in [3.8, 4) is 0 Å². The van der Waals surface area contributed by atoms with E-state index in [-0.39, 0.29) is 16.8 Å². The van der Waals surface area contributed by atoms with Gasteiger partial charge in [0.15, 0.2) is 5.78 Å². The second kappa shape index (κ2) is 9.53. The van der Waals surface area contributed by atoms with Crippen LogP contribution >= 0.6 is 0 Å². The van der Waals surface area contributed by atoms with Gasteiger partial charge in [-0.1, -0.05) is 54.1 Å². The Labute approximate surface area is 202 Å². The van der Waals surface area contributed by atoms with Crippen molar-refractivity contribution < 1.29 is 18.7 Å². The molecule has 0 aliphatic heterocycles. The van der Waals surface area contributed by atoms with Crippen molar-refractivity contribution in [3.05, 3.63) is 71.8 Å². The van der Waals surface area contributed by atoms with Crippen LogP contribution in [0.3, 0.4) is 0 Å². The van der Waals surface area contributed by atoms with E-state index in [1.54, 1.807) is 12.1 Å². The molecule has 34 heavy (non-hydrogen) atoms. The van der Waals surface area contributed by atoms with Crippen LogP contribution in [-0.2, 0) is 5.60 Å². The molecule has 0 amide bonds. The Balaban J connectivity index is 1.42. The van der Waals surface area contributed by atoms with Gasteiger partial charge in [0, 0.05) is 24.3 Å². The Morgan fingerprint density at radius 2 is 1.76 bits per heavy atom. The topological polar surface area (TPSA) is 37.3 Å². The van der Waals surface area contributed by atoms with Gasteiger partial charge in [-0.05, 0) is 81.6 Å². The minimum Gasteiger partial charge on any atom is -0.379 e. The van der Waals surface area contributed by atoms with E-state index in [1.165, 1.54) is 30.5 Å². The van der Waals surface area contributed by atoms with Crippen molar-refractivity contribution in [1.29, 1.82) is 0 Å². The fourth-order valence-electron chi connectivity index (χ4n) is 6.07. The van der Waals surface area contributed by atoms with E-state index in [0.29, 0.717) is 36.7 Å². The summed E-state index contributed by atoms with van der Waals surface area (Å²) in [6.45, 7) is 6.01. The van der Waals surface area contributed by atoms with Gasteiger partial charge in [-0.25, -0.2) is 8.78 Å². The lowest BCUT2D eigenvalue weighted by atomic mass is 9.62. The quantitative estimate of drug-likeness (QED) is 0.297. The number of hydrogen-bond acceptors (Lipinski definition) is 2. The standard InChI is InChI=1S/C30H38F2O2/c1-4-30(25-8-6-5-7-9-25)18-16-22(17-19-30)26(21-10-11-21)20-27(33)23-12-14-24(15-13-23)28(2,34)29(3,31)32/h4-6,8,12-15,21-22,26,34H,1,7,9-11,16-20H2,2-3H3/t22?,26?,28-,30?/m0/s1. The zero-order chi connectivity index (χ0) is 24.6. The molecule has 0 saturated heterocycles. The number of aliphatic hydroxyl groups is 1. The first-order chi connectivity index (χ1) is 16.1. The molecule has 1 aromatic rings. The summed E-state index contributed by atoms with van der Waals surface area (Å²) in [5, 5.41) is 10.3. The zero-order valence-electron chi connectivity index (χ0n) is 20.5. The molecule has 184 valence electrons. The number of benzene rings is 1. The summed E-state index contributed by atoms with van der Waals surface area (Å²) in [5.41, 5.74) is 0.00778. The summed E-state index contributed by atoms with van der Waals surface area (Å²) >= 11 is 0. The average molecular weight is 469 g/mol. The Kier molecular flexibility index (Phi) is 7.01. The van der Waals surface area contributed by atoms with E-state index in [1.807, 2.05) is 0 Å². The van der Waals surface area contributed by atoms with Crippen LogP contribution in [0.15, 0.2) is 60.7 Å². The van der Waals surface area contributed by atoms with Crippen molar-refractivity contribution in [1.82, 2.24) is 0 Å². The SMILES string of the molecule is C=CC1(C2=CC=CCC2)CCC(C(CC(=O)c2ccc([C@](C)(O)C(C)(F)F)cc2)C2CC2)CC1. The summed E-state index contributed by atoms with van der Waals surface area (Å²) in [5.74, 6) is -1.64. The Bertz CT molecular complexity index is 953. The van der Waals surface area contributed by atoms with Gasteiger partial charge in [0.05, 0.1) is 0 Å². The molecule has 2 nitrogen and oxygen atoms in total. The zero-order valence-corrected chi connectivity index (χ0v) is 20.5. The summed E-state index contributed by atoms with van der Waals surface area (Å²) in [6.07, 6.45) is 18.4. The molecule has 4 heteroatoms. The molecule has 2 fully saturated rings. The highest BCUT2D eigenvalue weighted by atomic mass is 19.3. The molecule has 2 atom stereocenters. The molecular weight excluding hydrogens is 430 g/mol. The van der Waals surface area contributed by atoms with Gasteiger partial charge in [0.1, 0.15) is 5.60 Å². The third kappa shape index (κ3) is 4.98. The van der Waals surface area contributed by atoms with Crippen LogP contribution in [-0.4, -0.2) is 16.8 Å². The largest absolute Gasteiger partial charge is 0.379 e. The number of carbonyl (C=O) groups excluding carboxylic acids is 1.